The summed E-state index contributed by atoms with van der Waals surface area (Å²) < 4.78 is 20.2. The summed E-state index contributed by atoms with van der Waals surface area (Å²) in [5.41, 5.74) is 22.2. The quantitative estimate of drug-likeness (QED) is 0.645. The molecule has 2 bridgehead atoms. The molecule has 162 valence electrons. The molecular formula is C22H26FN7O. The number of fused-ring (bicyclic) bond motifs is 3. The van der Waals surface area contributed by atoms with E-state index in [1.165, 1.54) is 30.7 Å². The molecule has 0 fully saturated rings. The molecule has 1 atom stereocenters. The third-order valence-corrected chi connectivity index (χ3v) is 4.94. The molecule has 9 heteroatoms. The van der Waals surface area contributed by atoms with Crippen LogP contribution in [0.2, 0.25) is 0 Å². The van der Waals surface area contributed by atoms with Crippen LogP contribution in [0, 0.1) is 5.82 Å². The first-order valence-corrected chi connectivity index (χ1v) is 9.86. The Labute approximate surface area is 180 Å². The fraction of sp³-hybridized carbons (Fsp3) is 0.273. The second-order valence-corrected chi connectivity index (χ2v) is 6.89. The van der Waals surface area contributed by atoms with Gasteiger partial charge in [-0.3, -0.25) is 9.98 Å². The topological polar surface area (TPSA) is 138 Å². The highest BCUT2D eigenvalue weighted by atomic mass is 19.1. The number of ether oxygens (including phenoxy) is 1. The van der Waals surface area contributed by atoms with Gasteiger partial charge in [-0.2, -0.15) is 0 Å². The molecule has 2 aromatic rings. The first-order chi connectivity index (χ1) is 14.9. The van der Waals surface area contributed by atoms with Crippen molar-refractivity contribution in [2.24, 2.45) is 21.5 Å². The van der Waals surface area contributed by atoms with Crippen LogP contribution in [0.3, 0.4) is 0 Å². The van der Waals surface area contributed by atoms with Crippen molar-refractivity contribution in [1.82, 2.24) is 9.97 Å². The maximum Gasteiger partial charge on any atom is 0.258 e. The average Bonchev–Trinajstić information content (AvgIpc) is 2.76. The summed E-state index contributed by atoms with van der Waals surface area (Å²) in [4.78, 5) is 17.7. The van der Waals surface area contributed by atoms with E-state index in [4.69, 9.17) is 21.9 Å². The van der Waals surface area contributed by atoms with Crippen molar-refractivity contribution >= 4 is 17.2 Å². The number of anilines is 1. The fourth-order valence-electron chi connectivity index (χ4n) is 3.49. The van der Waals surface area contributed by atoms with Gasteiger partial charge in [-0.05, 0) is 55.6 Å². The number of allylic oxidation sites excluding steroid dienone is 2. The molecule has 0 amide bonds. The van der Waals surface area contributed by atoms with E-state index < -0.39 is 11.9 Å². The number of hydrogen-bond donors (Lipinski definition) is 3. The third-order valence-electron chi connectivity index (χ3n) is 4.94. The van der Waals surface area contributed by atoms with E-state index in [2.05, 4.69) is 20.0 Å². The Balaban J connectivity index is 2.33. The SMILES string of the molecule is CCN=C1C(=CN)CC(=CN)C(=NC)c2cnc(N)c(n2)OC(C)c2cc(F)ccc21. The van der Waals surface area contributed by atoms with Crippen LogP contribution in [-0.4, -0.2) is 35.0 Å². The molecule has 0 saturated carbocycles. The lowest BCUT2D eigenvalue weighted by atomic mass is 9.90. The smallest absolute Gasteiger partial charge is 0.258 e. The highest BCUT2D eigenvalue weighted by molar-refractivity contribution is 6.17. The molecule has 31 heavy (non-hydrogen) atoms. The number of halogens is 1. The molecule has 8 nitrogen and oxygen atoms in total. The van der Waals surface area contributed by atoms with Gasteiger partial charge in [-0.1, -0.05) is 0 Å². The largest absolute Gasteiger partial charge is 0.467 e. The Hall–Kier alpha value is -3.75. The molecular weight excluding hydrogens is 397 g/mol. The van der Waals surface area contributed by atoms with E-state index in [1.807, 2.05) is 6.92 Å². The molecule has 0 spiro atoms. The second-order valence-electron chi connectivity index (χ2n) is 6.89. The molecule has 0 radical (unpaired) electrons. The van der Waals surface area contributed by atoms with Crippen molar-refractivity contribution in [3.8, 4) is 5.88 Å². The van der Waals surface area contributed by atoms with Crippen molar-refractivity contribution in [1.29, 1.82) is 0 Å². The molecule has 6 N–H and O–H groups in total. The average molecular weight is 423 g/mol. The summed E-state index contributed by atoms with van der Waals surface area (Å²) in [6.07, 6.45) is 4.19. The fourth-order valence-corrected chi connectivity index (χ4v) is 3.49. The van der Waals surface area contributed by atoms with Crippen molar-refractivity contribution in [3.63, 3.8) is 0 Å². The molecule has 2 heterocycles. The van der Waals surface area contributed by atoms with Gasteiger partial charge in [-0.25, -0.2) is 14.4 Å². The van der Waals surface area contributed by atoms with Crippen LogP contribution in [0.5, 0.6) is 5.88 Å². The highest BCUT2D eigenvalue weighted by Crippen LogP contribution is 2.31. The highest BCUT2D eigenvalue weighted by Gasteiger charge is 2.24. The summed E-state index contributed by atoms with van der Waals surface area (Å²) in [5, 5.41) is 0. The zero-order chi connectivity index (χ0) is 22.5. The monoisotopic (exact) mass is 423 g/mol. The maximum atomic E-state index is 14.2. The predicted octanol–water partition coefficient (Wildman–Crippen LogP) is 2.65. The number of hydrogen-bond acceptors (Lipinski definition) is 8. The number of aromatic nitrogens is 2. The molecule has 1 aromatic heterocycles. The summed E-state index contributed by atoms with van der Waals surface area (Å²) >= 11 is 0. The molecule has 1 aliphatic heterocycles. The Bertz CT molecular complexity index is 1110. The number of nitrogens with two attached hydrogens (primary N) is 3. The number of rotatable bonds is 1. The number of nitrogens with zero attached hydrogens (tertiary/aromatic N) is 4. The Morgan fingerprint density at radius 1 is 1.23 bits per heavy atom. The lowest BCUT2D eigenvalue weighted by Gasteiger charge is -2.23. The first kappa shape index (κ1) is 21.9. The van der Waals surface area contributed by atoms with Crippen molar-refractivity contribution in [2.45, 2.75) is 26.4 Å². The van der Waals surface area contributed by atoms with Crippen LogP contribution < -0.4 is 21.9 Å². The summed E-state index contributed by atoms with van der Waals surface area (Å²) in [6.45, 7) is 4.21. The van der Waals surface area contributed by atoms with Crippen LogP contribution >= 0.6 is 0 Å². The second kappa shape index (κ2) is 9.38. The number of nitrogen functional groups attached to an aromatic ring is 1. The van der Waals surface area contributed by atoms with Crippen LogP contribution in [-0.2, 0) is 0 Å². The van der Waals surface area contributed by atoms with E-state index >= 15 is 0 Å². The normalized spacial score (nSPS) is 22.1. The minimum atomic E-state index is -0.593. The van der Waals surface area contributed by atoms with E-state index in [1.54, 1.807) is 20.0 Å². The lowest BCUT2D eigenvalue weighted by molar-refractivity contribution is 0.217. The predicted molar refractivity (Wildman–Crippen MR) is 121 cm³/mol. The Morgan fingerprint density at radius 2 is 1.94 bits per heavy atom. The van der Waals surface area contributed by atoms with Crippen molar-refractivity contribution in [3.05, 3.63) is 70.6 Å². The van der Waals surface area contributed by atoms with E-state index in [9.17, 15) is 4.39 Å². The van der Waals surface area contributed by atoms with Gasteiger partial charge in [0.05, 0.1) is 17.6 Å². The lowest BCUT2D eigenvalue weighted by Crippen LogP contribution is -2.20. The summed E-state index contributed by atoms with van der Waals surface area (Å²) in [7, 11) is 1.64. The van der Waals surface area contributed by atoms with E-state index in [0.717, 1.165) is 0 Å². The van der Waals surface area contributed by atoms with Crippen LogP contribution in [0.1, 0.15) is 43.2 Å². The minimum Gasteiger partial charge on any atom is -0.467 e. The number of benzene rings is 1. The zero-order valence-corrected chi connectivity index (χ0v) is 17.8. The van der Waals surface area contributed by atoms with Gasteiger partial charge < -0.3 is 21.9 Å². The molecule has 1 unspecified atom stereocenters. The van der Waals surface area contributed by atoms with Gasteiger partial charge in [0, 0.05) is 31.1 Å². The van der Waals surface area contributed by atoms with Crippen molar-refractivity contribution < 1.29 is 9.13 Å². The van der Waals surface area contributed by atoms with E-state index in [0.29, 0.717) is 52.4 Å². The van der Waals surface area contributed by atoms with Crippen LogP contribution in [0.4, 0.5) is 10.2 Å². The van der Waals surface area contributed by atoms with Gasteiger partial charge in [0.15, 0.2) is 5.82 Å². The standard InChI is InChI=1S/C22H26FN7O/c1-4-28-19-13(9-24)7-14(10-25)20(27-3)18-11-29-21(26)22(30-18)31-12(2)17-8-15(23)5-6-16(17)19/h5-6,8-12H,4,7,24-25H2,1-3H3,(H2,26,29). The van der Waals surface area contributed by atoms with Gasteiger partial charge in [0.25, 0.3) is 5.88 Å². The maximum absolute atomic E-state index is 14.2. The molecule has 3 rings (SSSR count). The van der Waals surface area contributed by atoms with Gasteiger partial charge in [-0.15, -0.1) is 0 Å². The molecule has 0 aliphatic carbocycles. The Morgan fingerprint density at radius 3 is 2.58 bits per heavy atom. The van der Waals surface area contributed by atoms with Crippen LogP contribution in [0.25, 0.3) is 0 Å². The summed E-state index contributed by atoms with van der Waals surface area (Å²) in [5.74, 6) is -0.155. The zero-order valence-electron chi connectivity index (χ0n) is 17.8. The minimum absolute atomic E-state index is 0.115. The van der Waals surface area contributed by atoms with E-state index in [-0.39, 0.29) is 11.7 Å². The van der Waals surface area contributed by atoms with Crippen LogP contribution in [0.15, 0.2) is 57.9 Å². The summed E-state index contributed by atoms with van der Waals surface area (Å²) in [6, 6.07) is 4.46. The Kier molecular flexibility index (Phi) is 6.64. The van der Waals surface area contributed by atoms with Crippen molar-refractivity contribution in [2.75, 3.05) is 19.3 Å². The van der Waals surface area contributed by atoms with Gasteiger partial charge in [0.2, 0.25) is 0 Å². The number of aliphatic imine (C=N–C) groups is 2. The van der Waals surface area contributed by atoms with Gasteiger partial charge in [0.1, 0.15) is 17.6 Å². The first-order valence-electron chi connectivity index (χ1n) is 9.86. The third kappa shape index (κ3) is 4.40. The molecule has 1 aliphatic rings. The molecule has 0 saturated heterocycles. The molecule has 1 aromatic carbocycles. The van der Waals surface area contributed by atoms with Gasteiger partial charge >= 0.3 is 0 Å².